The van der Waals surface area contributed by atoms with Gasteiger partial charge in [-0.15, -0.1) is 0 Å². The van der Waals surface area contributed by atoms with Gasteiger partial charge in [0.1, 0.15) is 0 Å². The zero-order valence-corrected chi connectivity index (χ0v) is 13.8. The van der Waals surface area contributed by atoms with E-state index in [1.807, 2.05) is 34.6 Å². The van der Waals surface area contributed by atoms with E-state index in [1.165, 1.54) is 0 Å². The summed E-state index contributed by atoms with van der Waals surface area (Å²) >= 11 is 0. The number of hydrogen-bond donors (Lipinski definition) is 3. The number of amides is 1. The van der Waals surface area contributed by atoms with Crippen LogP contribution in [0.15, 0.2) is 0 Å². The Hall–Kier alpha value is -1.10. The van der Waals surface area contributed by atoms with Crippen molar-refractivity contribution in [3.05, 3.63) is 0 Å². The highest BCUT2D eigenvalue weighted by atomic mass is 16.4. The largest absolute Gasteiger partial charge is 0.481 e. The maximum Gasteiger partial charge on any atom is 0.307 e. The van der Waals surface area contributed by atoms with E-state index >= 15 is 0 Å². The van der Waals surface area contributed by atoms with Gasteiger partial charge >= 0.3 is 5.97 Å². The normalized spacial score (nSPS) is 30.0. The van der Waals surface area contributed by atoms with Crippen molar-refractivity contribution in [2.75, 3.05) is 0 Å². The Bertz CT molecular complexity index is 393. The molecule has 122 valence electrons. The zero-order chi connectivity index (χ0) is 16.4. The van der Waals surface area contributed by atoms with Crippen LogP contribution in [0.1, 0.15) is 53.9 Å². The third-order valence-electron chi connectivity index (χ3n) is 5.13. The van der Waals surface area contributed by atoms with E-state index < -0.39 is 12.0 Å². The molecule has 21 heavy (non-hydrogen) atoms. The number of carbonyl (C=O) groups is 2. The number of carbonyl (C=O) groups excluding carboxylic acids is 1. The van der Waals surface area contributed by atoms with E-state index in [1.54, 1.807) is 0 Å². The number of nitrogens with one attached hydrogen (secondary N) is 1. The second kappa shape index (κ2) is 6.77. The van der Waals surface area contributed by atoms with Crippen molar-refractivity contribution in [3.8, 4) is 0 Å². The zero-order valence-electron chi connectivity index (χ0n) is 13.8. The third-order valence-corrected chi connectivity index (χ3v) is 5.13. The van der Waals surface area contributed by atoms with Gasteiger partial charge in [-0.1, -0.05) is 34.6 Å². The summed E-state index contributed by atoms with van der Waals surface area (Å²) in [4.78, 5) is 23.5. The highest BCUT2D eigenvalue weighted by Gasteiger charge is 2.46. The molecule has 4 atom stereocenters. The summed E-state index contributed by atoms with van der Waals surface area (Å²) in [6, 6.07) is -0.487. The van der Waals surface area contributed by atoms with Crippen LogP contribution < -0.4 is 11.1 Å². The molecule has 0 saturated heterocycles. The lowest BCUT2D eigenvalue weighted by Crippen LogP contribution is -2.55. The van der Waals surface area contributed by atoms with E-state index in [0.717, 1.165) is 0 Å². The predicted octanol–water partition coefficient (Wildman–Crippen LogP) is 2.00. The number of hydrogen-bond acceptors (Lipinski definition) is 3. The van der Waals surface area contributed by atoms with Crippen molar-refractivity contribution in [1.29, 1.82) is 0 Å². The fraction of sp³-hybridized carbons (Fsp3) is 0.875. The van der Waals surface area contributed by atoms with Crippen molar-refractivity contribution < 1.29 is 14.7 Å². The second-order valence-corrected chi connectivity index (χ2v) is 7.43. The molecule has 1 fully saturated rings. The number of carboxylic acid groups (broad SMARTS) is 1. The molecule has 0 bridgehead atoms. The van der Waals surface area contributed by atoms with Gasteiger partial charge in [-0.05, 0) is 36.5 Å². The molecule has 0 aromatic rings. The topological polar surface area (TPSA) is 92.4 Å². The van der Waals surface area contributed by atoms with Crippen LogP contribution in [0.2, 0.25) is 0 Å². The van der Waals surface area contributed by atoms with Gasteiger partial charge in [0.25, 0.3) is 0 Å². The quantitative estimate of drug-likeness (QED) is 0.724. The third kappa shape index (κ3) is 4.19. The molecule has 0 aromatic heterocycles. The monoisotopic (exact) mass is 298 g/mol. The predicted molar refractivity (Wildman–Crippen MR) is 82.7 cm³/mol. The molecule has 0 aromatic carbocycles. The molecule has 0 heterocycles. The van der Waals surface area contributed by atoms with Crippen LogP contribution >= 0.6 is 0 Å². The SMILES string of the molecule is CC(C)C[C@H](N)C(=O)NC1CCC(C(=O)O)C(C)(C)C1C. The van der Waals surface area contributed by atoms with Crippen LogP contribution in [0.3, 0.4) is 0 Å². The van der Waals surface area contributed by atoms with Gasteiger partial charge in [-0.3, -0.25) is 9.59 Å². The smallest absolute Gasteiger partial charge is 0.307 e. The molecule has 0 aliphatic heterocycles. The fourth-order valence-corrected chi connectivity index (χ4v) is 3.35. The van der Waals surface area contributed by atoms with Crippen LogP contribution in [0.5, 0.6) is 0 Å². The molecule has 1 aliphatic carbocycles. The molecule has 3 unspecified atom stereocenters. The Morgan fingerprint density at radius 3 is 2.38 bits per heavy atom. The molecule has 1 saturated carbocycles. The van der Waals surface area contributed by atoms with Gasteiger partial charge in [0.05, 0.1) is 12.0 Å². The average molecular weight is 298 g/mol. The molecule has 1 amide bonds. The number of nitrogens with two attached hydrogens (primary N) is 1. The standard InChI is InChI=1S/C16H30N2O3/c1-9(2)8-12(17)14(19)18-13-7-6-11(15(20)21)16(4,5)10(13)3/h9-13H,6-8,17H2,1-5H3,(H,18,19)(H,20,21)/t10?,11?,12-,13?/m0/s1. The fourth-order valence-electron chi connectivity index (χ4n) is 3.35. The summed E-state index contributed by atoms with van der Waals surface area (Å²) in [5.41, 5.74) is 5.57. The van der Waals surface area contributed by atoms with Gasteiger partial charge < -0.3 is 16.2 Å². The number of rotatable bonds is 5. The van der Waals surface area contributed by atoms with Crippen LogP contribution in [-0.4, -0.2) is 29.1 Å². The maximum absolute atomic E-state index is 12.2. The summed E-state index contributed by atoms with van der Waals surface area (Å²) in [5, 5.41) is 12.4. The van der Waals surface area contributed by atoms with Crippen molar-refractivity contribution in [3.63, 3.8) is 0 Å². The molecule has 5 heteroatoms. The van der Waals surface area contributed by atoms with Crippen LogP contribution in [0.4, 0.5) is 0 Å². The first-order valence-corrected chi connectivity index (χ1v) is 7.86. The van der Waals surface area contributed by atoms with Gasteiger partial charge in [-0.25, -0.2) is 0 Å². The highest BCUT2D eigenvalue weighted by Crippen LogP contribution is 2.45. The Morgan fingerprint density at radius 1 is 1.33 bits per heavy atom. The van der Waals surface area contributed by atoms with E-state index in [0.29, 0.717) is 25.2 Å². The first-order valence-electron chi connectivity index (χ1n) is 7.86. The molecule has 1 rings (SSSR count). The molecular weight excluding hydrogens is 268 g/mol. The Labute approximate surface area is 127 Å². The van der Waals surface area contributed by atoms with E-state index in [-0.39, 0.29) is 29.2 Å². The van der Waals surface area contributed by atoms with Crippen molar-refractivity contribution in [2.24, 2.45) is 28.9 Å². The number of aliphatic carboxylic acids is 1. The minimum absolute atomic E-state index is 0.00122. The maximum atomic E-state index is 12.2. The number of carboxylic acids is 1. The Morgan fingerprint density at radius 2 is 1.90 bits per heavy atom. The molecule has 0 spiro atoms. The Balaban J connectivity index is 2.70. The minimum atomic E-state index is -0.742. The van der Waals surface area contributed by atoms with Crippen molar-refractivity contribution in [2.45, 2.75) is 66.0 Å². The van der Waals surface area contributed by atoms with E-state index in [9.17, 15) is 14.7 Å². The Kier molecular flexibility index (Phi) is 5.79. The molecular formula is C16H30N2O3. The summed E-state index contributed by atoms with van der Waals surface area (Å²) in [5.74, 6) is -0.742. The molecule has 1 aliphatic rings. The molecule has 5 nitrogen and oxygen atoms in total. The summed E-state index contributed by atoms with van der Waals surface area (Å²) < 4.78 is 0. The van der Waals surface area contributed by atoms with Gasteiger partial charge in [-0.2, -0.15) is 0 Å². The van der Waals surface area contributed by atoms with Crippen molar-refractivity contribution >= 4 is 11.9 Å². The van der Waals surface area contributed by atoms with Crippen LogP contribution in [-0.2, 0) is 9.59 Å². The molecule has 0 radical (unpaired) electrons. The summed E-state index contributed by atoms with van der Waals surface area (Å²) in [6.07, 6.45) is 1.95. The second-order valence-electron chi connectivity index (χ2n) is 7.43. The van der Waals surface area contributed by atoms with Crippen molar-refractivity contribution in [1.82, 2.24) is 5.32 Å². The van der Waals surface area contributed by atoms with Crippen LogP contribution in [0, 0.1) is 23.2 Å². The first-order chi connectivity index (χ1) is 9.57. The summed E-state index contributed by atoms with van der Waals surface area (Å²) in [6.45, 7) is 10.0. The van der Waals surface area contributed by atoms with Gasteiger partial charge in [0.15, 0.2) is 0 Å². The lowest BCUT2D eigenvalue weighted by Gasteiger charge is -2.46. The van der Waals surface area contributed by atoms with E-state index in [2.05, 4.69) is 5.32 Å². The minimum Gasteiger partial charge on any atom is -0.481 e. The first kappa shape index (κ1) is 18.0. The van der Waals surface area contributed by atoms with E-state index in [4.69, 9.17) is 5.73 Å². The summed E-state index contributed by atoms with van der Waals surface area (Å²) in [7, 11) is 0. The van der Waals surface area contributed by atoms with Gasteiger partial charge in [0, 0.05) is 6.04 Å². The lowest BCUT2D eigenvalue weighted by molar-refractivity contribution is -0.150. The molecule has 4 N–H and O–H groups in total. The lowest BCUT2D eigenvalue weighted by atomic mass is 9.61. The highest BCUT2D eigenvalue weighted by molar-refractivity contribution is 5.81. The van der Waals surface area contributed by atoms with Gasteiger partial charge in [0.2, 0.25) is 5.91 Å². The van der Waals surface area contributed by atoms with Crippen LogP contribution in [0.25, 0.3) is 0 Å². The average Bonchev–Trinajstić information content (AvgIpc) is 2.33.